The SMILES string of the molecule is Cc1ccccc1-c1cnc2c(C(F)(F)F)cccc2c1-c1cccc(OCc2c(C)cccc2C)c1. The van der Waals surface area contributed by atoms with Crippen LogP contribution in [0.3, 0.4) is 0 Å². The Morgan fingerprint density at radius 2 is 1.41 bits per heavy atom. The first kappa shape index (κ1) is 24.6. The van der Waals surface area contributed by atoms with Crippen molar-refractivity contribution in [1.82, 2.24) is 4.98 Å². The molecule has 37 heavy (non-hydrogen) atoms. The van der Waals surface area contributed by atoms with Crippen LogP contribution in [0, 0.1) is 20.8 Å². The van der Waals surface area contributed by atoms with Crippen LogP contribution in [0.2, 0.25) is 0 Å². The van der Waals surface area contributed by atoms with Crippen LogP contribution in [-0.4, -0.2) is 4.98 Å². The van der Waals surface area contributed by atoms with Crippen molar-refractivity contribution in [2.75, 3.05) is 0 Å². The largest absolute Gasteiger partial charge is 0.489 e. The summed E-state index contributed by atoms with van der Waals surface area (Å²) in [5.74, 6) is 0.646. The minimum atomic E-state index is -4.51. The monoisotopic (exact) mass is 497 g/mol. The van der Waals surface area contributed by atoms with E-state index < -0.39 is 11.7 Å². The standard InChI is InChI=1S/C32H26F3NO/c1-20-9-4-5-14-25(20)27-18-36-31-26(15-8-16-29(31)32(33,34)35)30(27)23-12-7-13-24(17-23)37-19-28-21(2)10-6-11-22(28)3/h4-18H,19H2,1-3H3. The molecule has 0 amide bonds. The van der Waals surface area contributed by atoms with Gasteiger partial charge in [0.1, 0.15) is 12.4 Å². The van der Waals surface area contributed by atoms with Gasteiger partial charge < -0.3 is 4.74 Å². The molecule has 4 aromatic carbocycles. The van der Waals surface area contributed by atoms with E-state index in [-0.39, 0.29) is 5.52 Å². The van der Waals surface area contributed by atoms with E-state index in [1.807, 2.05) is 61.5 Å². The van der Waals surface area contributed by atoms with Gasteiger partial charge in [-0.2, -0.15) is 13.2 Å². The number of hydrogen-bond acceptors (Lipinski definition) is 2. The molecule has 186 valence electrons. The molecule has 0 saturated carbocycles. The third-order valence-corrected chi connectivity index (χ3v) is 6.79. The Morgan fingerprint density at radius 1 is 0.730 bits per heavy atom. The molecule has 0 aliphatic carbocycles. The van der Waals surface area contributed by atoms with Gasteiger partial charge in [0.05, 0.1) is 11.1 Å². The number of halogens is 3. The van der Waals surface area contributed by atoms with Gasteiger partial charge in [-0.25, -0.2) is 0 Å². The lowest BCUT2D eigenvalue weighted by molar-refractivity contribution is -0.136. The average Bonchev–Trinajstić information content (AvgIpc) is 2.87. The van der Waals surface area contributed by atoms with Gasteiger partial charge in [0, 0.05) is 22.7 Å². The van der Waals surface area contributed by atoms with Gasteiger partial charge >= 0.3 is 6.18 Å². The van der Waals surface area contributed by atoms with Crippen LogP contribution in [0.15, 0.2) is 91.1 Å². The van der Waals surface area contributed by atoms with Crippen LogP contribution in [-0.2, 0) is 12.8 Å². The Morgan fingerprint density at radius 3 is 2.14 bits per heavy atom. The fraction of sp³-hybridized carbons (Fsp3) is 0.156. The highest BCUT2D eigenvalue weighted by atomic mass is 19.4. The van der Waals surface area contributed by atoms with Crippen molar-refractivity contribution in [2.24, 2.45) is 0 Å². The van der Waals surface area contributed by atoms with Crippen LogP contribution in [0.25, 0.3) is 33.2 Å². The molecule has 1 aromatic heterocycles. The number of pyridine rings is 1. The third kappa shape index (κ3) is 4.82. The smallest absolute Gasteiger partial charge is 0.418 e. The maximum absolute atomic E-state index is 13.9. The summed E-state index contributed by atoms with van der Waals surface area (Å²) in [7, 11) is 0. The molecule has 0 N–H and O–H groups in total. The van der Waals surface area contributed by atoms with Crippen molar-refractivity contribution in [3.8, 4) is 28.0 Å². The molecule has 0 bridgehead atoms. The van der Waals surface area contributed by atoms with Gasteiger partial charge in [-0.3, -0.25) is 4.98 Å². The third-order valence-electron chi connectivity index (χ3n) is 6.79. The molecule has 5 rings (SSSR count). The molecule has 0 unspecified atom stereocenters. The quantitative estimate of drug-likeness (QED) is 0.242. The average molecular weight is 498 g/mol. The maximum Gasteiger partial charge on any atom is 0.418 e. The van der Waals surface area contributed by atoms with Gasteiger partial charge in [-0.15, -0.1) is 0 Å². The van der Waals surface area contributed by atoms with E-state index in [1.165, 1.54) is 6.07 Å². The zero-order chi connectivity index (χ0) is 26.2. The highest BCUT2D eigenvalue weighted by Crippen LogP contribution is 2.42. The highest BCUT2D eigenvalue weighted by molar-refractivity contribution is 6.03. The Labute approximate surface area is 214 Å². The predicted molar refractivity (Wildman–Crippen MR) is 143 cm³/mol. The van der Waals surface area contributed by atoms with Crippen LogP contribution in [0.1, 0.15) is 27.8 Å². The van der Waals surface area contributed by atoms with Crippen molar-refractivity contribution in [3.05, 3.63) is 119 Å². The minimum absolute atomic E-state index is 0.0656. The van der Waals surface area contributed by atoms with E-state index in [4.69, 9.17) is 4.74 Å². The molecular formula is C32H26F3NO. The molecule has 1 heterocycles. The van der Waals surface area contributed by atoms with Crippen molar-refractivity contribution in [1.29, 1.82) is 0 Å². The number of ether oxygens (including phenoxy) is 1. The second-order valence-electron chi connectivity index (χ2n) is 9.25. The summed E-state index contributed by atoms with van der Waals surface area (Å²) in [5.41, 5.74) is 6.79. The lowest BCUT2D eigenvalue weighted by Crippen LogP contribution is -2.07. The Balaban J connectivity index is 1.68. The first-order valence-corrected chi connectivity index (χ1v) is 12.1. The van der Waals surface area contributed by atoms with Gasteiger partial charge in [-0.05, 0) is 72.4 Å². The van der Waals surface area contributed by atoms with E-state index in [2.05, 4.69) is 31.0 Å². The Kier molecular flexibility index (Phi) is 6.46. The van der Waals surface area contributed by atoms with Gasteiger partial charge in [0.25, 0.3) is 0 Å². The summed E-state index contributed by atoms with van der Waals surface area (Å²) >= 11 is 0. The van der Waals surface area contributed by atoms with E-state index in [1.54, 1.807) is 12.3 Å². The van der Waals surface area contributed by atoms with Gasteiger partial charge in [-0.1, -0.05) is 66.7 Å². The van der Waals surface area contributed by atoms with Crippen molar-refractivity contribution < 1.29 is 17.9 Å². The number of nitrogens with zero attached hydrogens (tertiary/aromatic N) is 1. The van der Waals surface area contributed by atoms with Crippen LogP contribution in [0.5, 0.6) is 5.75 Å². The zero-order valence-corrected chi connectivity index (χ0v) is 20.9. The fourth-order valence-electron chi connectivity index (χ4n) is 4.82. The molecule has 5 aromatic rings. The molecule has 5 heteroatoms. The summed E-state index contributed by atoms with van der Waals surface area (Å²) in [6.45, 7) is 6.50. The van der Waals surface area contributed by atoms with Gasteiger partial charge in [0.2, 0.25) is 0 Å². The molecule has 0 radical (unpaired) electrons. The number of fused-ring (bicyclic) bond motifs is 1. The second kappa shape index (κ2) is 9.74. The number of aromatic nitrogens is 1. The topological polar surface area (TPSA) is 22.1 Å². The van der Waals surface area contributed by atoms with Crippen LogP contribution in [0.4, 0.5) is 13.2 Å². The second-order valence-corrected chi connectivity index (χ2v) is 9.25. The predicted octanol–water partition coefficient (Wildman–Crippen LogP) is 9.09. The first-order chi connectivity index (χ1) is 17.7. The van der Waals surface area contributed by atoms with Crippen molar-refractivity contribution in [2.45, 2.75) is 33.6 Å². The number of rotatable bonds is 5. The summed E-state index contributed by atoms with van der Waals surface area (Å²) in [6.07, 6.45) is -2.95. The van der Waals surface area contributed by atoms with Crippen molar-refractivity contribution in [3.63, 3.8) is 0 Å². The van der Waals surface area contributed by atoms with Crippen molar-refractivity contribution >= 4 is 10.9 Å². The Bertz CT molecular complexity index is 1580. The van der Waals surface area contributed by atoms with Crippen LogP contribution < -0.4 is 4.74 Å². The molecule has 0 saturated heterocycles. The molecule has 0 aliphatic heterocycles. The minimum Gasteiger partial charge on any atom is -0.489 e. The highest BCUT2D eigenvalue weighted by Gasteiger charge is 2.33. The number of hydrogen-bond donors (Lipinski definition) is 0. The molecule has 2 nitrogen and oxygen atoms in total. The molecule has 0 atom stereocenters. The Hall–Kier alpha value is -4.12. The van der Waals surface area contributed by atoms with E-state index in [9.17, 15) is 13.2 Å². The molecule has 0 spiro atoms. The summed E-state index contributed by atoms with van der Waals surface area (Å²) in [6, 6.07) is 25.7. The van der Waals surface area contributed by atoms with E-state index >= 15 is 0 Å². The van der Waals surface area contributed by atoms with E-state index in [0.717, 1.165) is 45.0 Å². The summed E-state index contributed by atoms with van der Waals surface area (Å²) in [4.78, 5) is 4.32. The summed E-state index contributed by atoms with van der Waals surface area (Å²) in [5, 5.41) is 0.447. The summed E-state index contributed by atoms with van der Waals surface area (Å²) < 4.78 is 47.8. The normalized spacial score (nSPS) is 11.6. The lowest BCUT2D eigenvalue weighted by atomic mass is 9.90. The number of benzene rings is 4. The molecule has 0 fully saturated rings. The first-order valence-electron chi connectivity index (χ1n) is 12.1. The zero-order valence-electron chi connectivity index (χ0n) is 20.9. The number of para-hydroxylation sites is 1. The molecule has 0 aliphatic rings. The number of alkyl halides is 3. The van der Waals surface area contributed by atoms with E-state index in [0.29, 0.717) is 23.3 Å². The lowest BCUT2D eigenvalue weighted by Gasteiger charge is -2.18. The van der Waals surface area contributed by atoms with Crippen LogP contribution >= 0.6 is 0 Å². The fourth-order valence-corrected chi connectivity index (χ4v) is 4.82. The number of aryl methyl sites for hydroxylation is 3. The molecular weight excluding hydrogens is 471 g/mol. The maximum atomic E-state index is 13.9. The van der Waals surface area contributed by atoms with Gasteiger partial charge in [0.15, 0.2) is 0 Å².